The van der Waals surface area contributed by atoms with Gasteiger partial charge in [0.25, 0.3) is 0 Å². The summed E-state index contributed by atoms with van der Waals surface area (Å²) in [6.07, 6.45) is 1.60. The molecule has 0 saturated heterocycles. The first-order chi connectivity index (χ1) is 14.1. The van der Waals surface area contributed by atoms with Crippen molar-refractivity contribution in [1.82, 2.24) is 9.78 Å². The van der Waals surface area contributed by atoms with Gasteiger partial charge in [0, 0.05) is 4.70 Å². The third-order valence-electron chi connectivity index (χ3n) is 4.55. The molecule has 0 bridgehead atoms. The number of ether oxygens (including phenoxy) is 2. The summed E-state index contributed by atoms with van der Waals surface area (Å²) in [5.41, 5.74) is 1.71. The van der Waals surface area contributed by atoms with Crippen molar-refractivity contribution in [3.05, 3.63) is 76.9 Å². The number of para-hydroxylation sites is 1. The highest BCUT2D eigenvalue weighted by Crippen LogP contribution is 2.31. The van der Waals surface area contributed by atoms with Crippen LogP contribution in [0.25, 0.3) is 15.8 Å². The van der Waals surface area contributed by atoms with E-state index in [1.165, 1.54) is 23.1 Å². The summed E-state index contributed by atoms with van der Waals surface area (Å²) in [6.45, 7) is 1.55. The summed E-state index contributed by atoms with van der Waals surface area (Å²) in [5.74, 6) is -0.661. The number of Topliss-reactive ketones (excluding diaryl/α,β-unsaturated/α-hetero) is 1. The van der Waals surface area contributed by atoms with Crippen LogP contribution in [0.5, 0.6) is 5.75 Å². The average molecular weight is 406 g/mol. The molecule has 2 aromatic heterocycles. The highest BCUT2D eigenvalue weighted by molar-refractivity contribution is 7.21. The van der Waals surface area contributed by atoms with Crippen molar-refractivity contribution >= 4 is 33.2 Å². The van der Waals surface area contributed by atoms with Gasteiger partial charge in [0.1, 0.15) is 0 Å². The molecular formula is C22H18N2O4S. The molecule has 0 amide bonds. The predicted molar refractivity (Wildman–Crippen MR) is 111 cm³/mol. The third-order valence-corrected chi connectivity index (χ3v) is 5.86. The molecule has 4 rings (SSSR count). The van der Waals surface area contributed by atoms with Crippen molar-refractivity contribution in [3.8, 4) is 11.4 Å². The molecule has 0 unspecified atom stereocenters. The minimum atomic E-state index is -0.705. The van der Waals surface area contributed by atoms with Gasteiger partial charge in [-0.25, -0.2) is 9.48 Å². The van der Waals surface area contributed by atoms with E-state index in [9.17, 15) is 9.59 Å². The minimum Gasteiger partial charge on any atom is -0.493 e. The van der Waals surface area contributed by atoms with Crippen molar-refractivity contribution in [2.24, 2.45) is 0 Å². The molecule has 0 spiro atoms. The molecule has 4 aromatic rings. The smallest absolute Gasteiger partial charge is 0.363 e. The fourth-order valence-corrected chi connectivity index (χ4v) is 4.20. The number of benzene rings is 2. The van der Waals surface area contributed by atoms with Crippen molar-refractivity contribution in [3.63, 3.8) is 0 Å². The van der Waals surface area contributed by atoms with Gasteiger partial charge in [-0.2, -0.15) is 5.10 Å². The molecule has 0 radical (unpaired) electrons. The summed E-state index contributed by atoms with van der Waals surface area (Å²) in [4.78, 5) is 25.8. The van der Waals surface area contributed by atoms with Gasteiger partial charge in [-0.15, -0.1) is 11.3 Å². The summed E-state index contributed by atoms with van der Waals surface area (Å²) in [7, 11) is 1.45. The lowest BCUT2D eigenvalue weighted by Gasteiger charge is -2.03. The lowest BCUT2D eigenvalue weighted by molar-refractivity contribution is 0.0466. The lowest BCUT2D eigenvalue weighted by Crippen LogP contribution is -2.15. The maximum absolute atomic E-state index is 12.6. The lowest BCUT2D eigenvalue weighted by atomic mass is 10.1. The van der Waals surface area contributed by atoms with Gasteiger partial charge in [-0.1, -0.05) is 36.4 Å². The Hall–Kier alpha value is -3.45. The van der Waals surface area contributed by atoms with E-state index in [-0.39, 0.29) is 23.8 Å². The first-order valence-corrected chi connectivity index (χ1v) is 9.77. The molecule has 7 heteroatoms. The average Bonchev–Trinajstić information content (AvgIpc) is 3.34. The van der Waals surface area contributed by atoms with E-state index in [2.05, 4.69) is 5.10 Å². The molecule has 0 saturated carbocycles. The molecule has 0 fully saturated rings. The zero-order chi connectivity index (χ0) is 20.4. The zero-order valence-corrected chi connectivity index (χ0v) is 16.7. The molecule has 0 aliphatic rings. The number of thiophene rings is 1. The number of nitrogens with zero attached hydrogens (tertiary/aromatic N) is 2. The van der Waals surface area contributed by atoms with Crippen LogP contribution in [0.1, 0.15) is 25.7 Å². The van der Waals surface area contributed by atoms with Gasteiger partial charge in [0.05, 0.1) is 23.9 Å². The van der Waals surface area contributed by atoms with Crippen LogP contribution in [0.2, 0.25) is 0 Å². The number of rotatable bonds is 6. The first kappa shape index (κ1) is 18.9. The second-order valence-corrected chi connectivity index (χ2v) is 7.43. The maximum Gasteiger partial charge on any atom is 0.363 e. The molecule has 29 heavy (non-hydrogen) atoms. The SMILES string of the molecule is COc1cn(-c2ccccc2)nc1C(=O)OCC(=O)c1sc2ccccc2c1C. The molecule has 0 aliphatic carbocycles. The Morgan fingerprint density at radius 2 is 1.79 bits per heavy atom. The summed E-state index contributed by atoms with van der Waals surface area (Å²) in [5, 5.41) is 5.30. The molecule has 146 valence electrons. The molecule has 0 aliphatic heterocycles. The van der Waals surface area contributed by atoms with Gasteiger partial charge in [-0.05, 0) is 36.1 Å². The topological polar surface area (TPSA) is 70.4 Å². The number of carbonyl (C=O) groups excluding carboxylic acids is 2. The Balaban J connectivity index is 1.51. The number of hydrogen-bond acceptors (Lipinski definition) is 6. The van der Waals surface area contributed by atoms with Gasteiger partial charge < -0.3 is 9.47 Å². The Labute approximate surface area is 171 Å². The van der Waals surface area contributed by atoms with Gasteiger partial charge in [-0.3, -0.25) is 4.79 Å². The number of esters is 1. The number of carbonyl (C=O) groups is 2. The maximum atomic E-state index is 12.6. The molecule has 0 N–H and O–H groups in total. The van der Waals surface area contributed by atoms with E-state index >= 15 is 0 Å². The zero-order valence-electron chi connectivity index (χ0n) is 15.9. The number of fused-ring (bicyclic) bond motifs is 1. The Morgan fingerprint density at radius 3 is 2.52 bits per heavy atom. The number of aromatic nitrogens is 2. The largest absolute Gasteiger partial charge is 0.493 e. The van der Waals surface area contributed by atoms with Gasteiger partial charge in [0.2, 0.25) is 11.5 Å². The van der Waals surface area contributed by atoms with Crippen molar-refractivity contribution < 1.29 is 19.1 Å². The van der Waals surface area contributed by atoms with Gasteiger partial charge in [0.15, 0.2) is 12.4 Å². The van der Waals surface area contributed by atoms with Crippen molar-refractivity contribution in [1.29, 1.82) is 0 Å². The quantitative estimate of drug-likeness (QED) is 0.350. The normalized spacial score (nSPS) is 10.8. The Morgan fingerprint density at radius 1 is 1.07 bits per heavy atom. The summed E-state index contributed by atoms with van der Waals surface area (Å²) < 4.78 is 13.1. The van der Waals surface area contributed by atoms with E-state index in [1.54, 1.807) is 6.20 Å². The molecule has 2 aromatic carbocycles. The van der Waals surface area contributed by atoms with E-state index < -0.39 is 5.97 Å². The summed E-state index contributed by atoms with van der Waals surface area (Å²) >= 11 is 1.40. The number of methoxy groups -OCH3 is 1. The fraction of sp³-hybridized carbons (Fsp3) is 0.136. The number of hydrogen-bond donors (Lipinski definition) is 0. The van der Waals surface area contributed by atoms with E-state index in [4.69, 9.17) is 9.47 Å². The monoisotopic (exact) mass is 406 g/mol. The second kappa shape index (κ2) is 7.89. The first-order valence-electron chi connectivity index (χ1n) is 8.96. The summed E-state index contributed by atoms with van der Waals surface area (Å²) in [6, 6.07) is 17.2. The van der Waals surface area contributed by atoms with Crippen LogP contribution in [-0.2, 0) is 4.74 Å². The van der Waals surface area contributed by atoms with Gasteiger partial charge >= 0.3 is 5.97 Å². The molecule has 6 nitrogen and oxygen atoms in total. The fourth-order valence-electron chi connectivity index (χ4n) is 3.07. The van der Waals surface area contributed by atoms with E-state index in [0.717, 1.165) is 21.3 Å². The van der Waals surface area contributed by atoms with Crippen LogP contribution in [0.4, 0.5) is 0 Å². The highest BCUT2D eigenvalue weighted by atomic mass is 32.1. The van der Waals surface area contributed by atoms with Crippen LogP contribution < -0.4 is 4.74 Å². The van der Waals surface area contributed by atoms with Crippen molar-refractivity contribution in [2.75, 3.05) is 13.7 Å². The van der Waals surface area contributed by atoms with Crippen molar-refractivity contribution in [2.45, 2.75) is 6.92 Å². The molecule has 0 atom stereocenters. The van der Waals surface area contributed by atoms with Crippen LogP contribution >= 0.6 is 11.3 Å². The molecule has 2 heterocycles. The Kier molecular flexibility index (Phi) is 5.14. The van der Waals surface area contributed by atoms with Crippen LogP contribution in [0, 0.1) is 6.92 Å². The minimum absolute atomic E-state index is 0.0252. The molecular weight excluding hydrogens is 388 g/mol. The van der Waals surface area contributed by atoms with E-state index in [1.807, 2.05) is 61.5 Å². The number of aryl methyl sites for hydroxylation is 1. The predicted octanol–water partition coefficient (Wildman–Crippen LogP) is 4.44. The third kappa shape index (κ3) is 3.64. The second-order valence-electron chi connectivity index (χ2n) is 6.38. The number of ketones is 1. The van der Waals surface area contributed by atoms with Crippen LogP contribution in [0.3, 0.4) is 0 Å². The standard InChI is InChI=1S/C22H18N2O4S/c1-14-16-10-6-7-11-19(16)29-21(14)17(25)13-28-22(26)20-18(27-2)12-24(23-20)15-8-4-3-5-9-15/h3-12H,13H2,1-2H3. The van der Waals surface area contributed by atoms with Crippen LogP contribution in [0.15, 0.2) is 60.8 Å². The van der Waals surface area contributed by atoms with E-state index in [0.29, 0.717) is 4.88 Å². The van der Waals surface area contributed by atoms with Crippen LogP contribution in [-0.4, -0.2) is 35.2 Å². The highest BCUT2D eigenvalue weighted by Gasteiger charge is 2.22. The Bertz CT molecular complexity index is 1190.